The SMILES string of the molecule is CCCNC(=O)C(C)NC(=O)c1c(O)cccc1O. The Balaban J connectivity index is 2.72. The van der Waals surface area contributed by atoms with Gasteiger partial charge in [-0.3, -0.25) is 9.59 Å². The fraction of sp³-hybridized carbons (Fsp3) is 0.385. The number of nitrogens with one attached hydrogen (secondary N) is 2. The van der Waals surface area contributed by atoms with E-state index in [0.717, 1.165) is 6.42 Å². The minimum Gasteiger partial charge on any atom is -0.507 e. The van der Waals surface area contributed by atoms with Crippen LogP contribution in [0.4, 0.5) is 0 Å². The second-order valence-electron chi connectivity index (χ2n) is 4.16. The summed E-state index contributed by atoms with van der Waals surface area (Å²) in [5.74, 6) is -1.68. The molecule has 6 nitrogen and oxygen atoms in total. The Morgan fingerprint density at radius 3 is 2.37 bits per heavy atom. The molecule has 0 spiro atoms. The van der Waals surface area contributed by atoms with E-state index in [4.69, 9.17) is 0 Å². The van der Waals surface area contributed by atoms with Crippen LogP contribution in [0.5, 0.6) is 11.5 Å². The van der Waals surface area contributed by atoms with Crippen molar-refractivity contribution in [3.05, 3.63) is 23.8 Å². The third-order valence-corrected chi connectivity index (χ3v) is 2.54. The lowest BCUT2D eigenvalue weighted by Crippen LogP contribution is -2.45. The highest BCUT2D eigenvalue weighted by atomic mass is 16.3. The van der Waals surface area contributed by atoms with E-state index in [1.54, 1.807) is 0 Å². The molecule has 0 saturated heterocycles. The lowest BCUT2D eigenvalue weighted by atomic mass is 10.1. The first-order valence-corrected chi connectivity index (χ1v) is 6.06. The summed E-state index contributed by atoms with van der Waals surface area (Å²) in [7, 11) is 0. The molecule has 2 amide bonds. The predicted octanol–water partition coefficient (Wildman–Crippen LogP) is 0.742. The zero-order chi connectivity index (χ0) is 14.4. The summed E-state index contributed by atoms with van der Waals surface area (Å²) in [6.07, 6.45) is 0.798. The Bertz CT molecular complexity index is 453. The van der Waals surface area contributed by atoms with Crippen molar-refractivity contribution >= 4 is 11.8 Å². The maximum absolute atomic E-state index is 11.9. The molecule has 19 heavy (non-hydrogen) atoms. The van der Waals surface area contributed by atoms with E-state index in [9.17, 15) is 19.8 Å². The molecule has 0 saturated carbocycles. The van der Waals surface area contributed by atoms with Crippen LogP contribution in [0.1, 0.15) is 30.6 Å². The maximum Gasteiger partial charge on any atom is 0.259 e. The van der Waals surface area contributed by atoms with E-state index >= 15 is 0 Å². The number of aromatic hydroxyl groups is 2. The number of carbonyl (C=O) groups excluding carboxylic acids is 2. The summed E-state index contributed by atoms with van der Waals surface area (Å²) in [5, 5.41) is 24.1. The standard InChI is InChI=1S/C13H18N2O4/c1-3-7-14-12(18)8(2)15-13(19)11-9(16)5-4-6-10(11)17/h4-6,8,16-17H,3,7H2,1-2H3,(H,14,18)(H,15,19). The highest BCUT2D eigenvalue weighted by Crippen LogP contribution is 2.25. The van der Waals surface area contributed by atoms with Crippen LogP contribution in [0.15, 0.2) is 18.2 Å². The topological polar surface area (TPSA) is 98.7 Å². The molecule has 1 aromatic carbocycles. The summed E-state index contributed by atoms with van der Waals surface area (Å²) in [6.45, 7) is 3.98. The van der Waals surface area contributed by atoms with E-state index in [1.807, 2.05) is 6.92 Å². The van der Waals surface area contributed by atoms with Crippen molar-refractivity contribution < 1.29 is 19.8 Å². The highest BCUT2D eigenvalue weighted by Gasteiger charge is 2.20. The lowest BCUT2D eigenvalue weighted by Gasteiger charge is -2.14. The van der Waals surface area contributed by atoms with Crippen LogP contribution in [-0.4, -0.2) is 34.6 Å². The largest absolute Gasteiger partial charge is 0.507 e. The van der Waals surface area contributed by atoms with E-state index in [0.29, 0.717) is 6.54 Å². The molecular formula is C13H18N2O4. The van der Waals surface area contributed by atoms with E-state index < -0.39 is 11.9 Å². The number of rotatable bonds is 5. The third kappa shape index (κ3) is 3.87. The fourth-order valence-electron chi connectivity index (χ4n) is 1.50. The van der Waals surface area contributed by atoms with Crippen LogP contribution in [0, 0.1) is 0 Å². The van der Waals surface area contributed by atoms with Crippen molar-refractivity contribution in [3.63, 3.8) is 0 Å². The van der Waals surface area contributed by atoms with Gasteiger partial charge in [0.05, 0.1) is 0 Å². The van der Waals surface area contributed by atoms with Crippen LogP contribution in [0.3, 0.4) is 0 Å². The van der Waals surface area contributed by atoms with Gasteiger partial charge in [0, 0.05) is 6.54 Å². The van der Waals surface area contributed by atoms with E-state index in [1.165, 1.54) is 25.1 Å². The molecular weight excluding hydrogens is 248 g/mol. The van der Waals surface area contributed by atoms with Crippen LogP contribution in [0.25, 0.3) is 0 Å². The van der Waals surface area contributed by atoms with Gasteiger partial charge in [-0.25, -0.2) is 0 Å². The first kappa shape index (κ1) is 14.8. The Morgan fingerprint density at radius 1 is 1.26 bits per heavy atom. The van der Waals surface area contributed by atoms with Gasteiger partial charge < -0.3 is 20.8 Å². The van der Waals surface area contributed by atoms with Gasteiger partial charge in [-0.05, 0) is 25.5 Å². The van der Waals surface area contributed by atoms with Gasteiger partial charge in [0.1, 0.15) is 23.1 Å². The number of phenols is 2. The Hall–Kier alpha value is -2.24. The molecule has 0 aromatic heterocycles. The number of benzene rings is 1. The minimum absolute atomic E-state index is 0.238. The number of hydrogen-bond donors (Lipinski definition) is 4. The molecule has 1 rings (SSSR count). The molecule has 104 valence electrons. The van der Waals surface area contributed by atoms with Crippen LogP contribution >= 0.6 is 0 Å². The molecule has 0 bridgehead atoms. The summed E-state index contributed by atoms with van der Waals surface area (Å²) in [5.41, 5.74) is -0.238. The van der Waals surface area contributed by atoms with Gasteiger partial charge in [-0.15, -0.1) is 0 Å². The molecule has 0 aliphatic heterocycles. The molecule has 4 N–H and O–H groups in total. The monoisotopic (exact) mass is 266 g/mol. The van der Waals surface area contributed by atoms with Gasteiger partial charge in [0.25, 0.3) is 5.91 Å². The van der Waals surface area contributed by atoms with Crippen LogP contribution < -0.4 is 10.6 Å². The second kappa shape index (κ2) is 6.63. The summed E-state index contributed by atoms with van der Waals surface area (Å²) >= 11 is 0. The zero-order valence-corrected chi connectivity index (χ0v) is 10.9. The summed E-state index contributed by atoms with van der Waals surface area (Å²) in [6, 6.07) is 3.24. The number of hydrogen-bond acceptors (Lipinski definition) is 4. The molecule has 0 aliphatic rings. The average molecular weight is 266 g/mol. The Kier molecular flexibility index (Phi) is 5.17. The van der Waals surface area contributed by atoms with Gasteiger partial charge in [0.2, 0.25) is 5.91 Å². The molecule has 0 radical (unpaired) electrons. The maximum atomic E-state index is 11.9. The van der Waals surface area contributed by atoms with Crippen molar-refractivity contribution in [2.24, 2.45) is 0 Å². The highest BCUT2D eigenvalue weighted by molar-refractivity contribution is 6.01. The van der Waals surface area contributed by atoms with Crippen LogP contribution in [0.2, 0.25) is 0 Å². The predicted molar refractivity (Wildman–Crippen MR) is 70.0 cm³/mol. The van der Waals surface area contributed by atoms with Gasteiger partial charge in [-0.2, -0.15) is 0 Å². The number of amides is 2. The molecule has 1 atom stereocenters. The van der Waals surface area contributed by atoms with Crippen molar-refractivity contribution in [3.8, 4) is 11.5 Å². The van der Waals surface area contributed by atoms with Crippen LogP contribution in [-0.2, 0) is 4.79 Å². The fourth-order valence-corrected chi connectivity index (χ4v) is 1.50. The van der Waals surface area contributed by atoms with Crippen molar-refractivity contribution in [1.29, 1.82) is 0 Å². The van der Waals surface area contributed by atoms with Crippen molar-refractivity contribution in [2.75, 3.05) is 6.54 Å². The molecule has 0 fully saturated rings. The number of phenolic OH excluding ortho intramolecular Hbond substituents is 2. The van der Waals surface area contributed by atoms with Gasteiger partial charge >= 0.3 is 0 Å². The molecule has 1 aromatic rings. The Labute approximate surface area is 111 Å². The quantitative estimate of drug-likeness (QED) is 0.631. The van der Waals surface area contributed by atoms with Gasteiger partial charge in [-0.1, -0.05) is 13.0 Å². The van der Waals surface area contributed by atoms with Crippen molar-refractivity contribution in [1.82, 2.24) is 10.6 Å². The smallest absolute Gasteiger partial charge is 0.259 e. The lowest BCUT2D eigenvalue weighted by molar-refractivity contribution is -0.122. The first-order chi connectivity index (χ1) is 8.97. The van der Waals surface area contributed by atoms with E-state index in [2.05, 4.69) is 10.6 Å². The molecule has 0 aliphatic carbocycles. The molecule has 0 heterocycles. The summed E-state index contributed by atoms with van der Waals surface area (Å²) in [4.78, 5) is 23.5. The zero-order valence-electron chi connectivity index (χ0n) is 10.9. The second-order valence-corrected chi connectivity index (χ2v) is 4.16. The molecule has 6 heteroatoms. The number of carbonyl (C=O) groups is 2. The Morgan fingerprint density at radius 2 is 1.84 bits per heavy atom. The van der Waals surface area contributed by atoms with Crippen molar-refractivity contribution in [2.45, 2.75) is 26.3 Å². The average Bonchev–Trinajstić information content (AvgIpc) is 2.35. The minimum atomic E-state index is -0.752. The van der Waals surface area contributed by atoms with E-state index in [-0.39, 0.29) is 23.0 Å². The first-order valence-electron chi connectivity index (χ1n) is 6.06. The molecule has 1 unspecified atom stereocenters. The summed E-state index contributed by atoms with van der Waals surface area (Å²) < 4.78 is 0. The third-order valence-electron chi connectivity index (χ3n) is 2.54. The van der Waals surface area contributed by atoms with Gasteiger partial charge in [0.15, 0.2) is 0 Å². The normalized spacial score (nSPS) is 11.7.